The molecule has 1 saturated heterocycles. The minimum atomic E-state index is -0.449. The zero-order valence-corrected chi connectivity index (χ0v) is 16.8. The average Bonchev–Trinajstić information content (AvgIpc) is 3.07. The summed E-state index contributed by atoms with van der Waals surface area (Å²) in [7, 11) is 1.30. The van der Waals surface area contributed by atoms with Gasteiger partial charge >= 0.3 is 5.97 Å². The summed E-state index contributed by atoms with van der Waals surface area (Å²) in [6, 6.07) is 14.4. The van der Waals surface area contributed by atoms with Gasteiger partial charge in [0.15, 0.2) is 11.8 Å². The van der Waals surface area contributed by atoms with Gasteiger partial charge in [0.05, 0.1) is 24.3 Å². The first-order valence-electron chi connectivity index (χ1n) is 8.89. The van der Waals surface area contributed by atoms with Gasteiger partial charge in [-0.05, 0) is 66.7 Å². The second-order valence-corrected chi connectivity index (χ2v) is 6.87. The van der Waals surface area contributed by atoms with Crippen molar-refractivity contribution in [2.45, 2.75) is 6.92 Å². The highest BCUT2D eigenvalue weighted by molar-refractivity contribution is 8.18. The van der Waals surface area contributed by atoms with E-state index in [1.807, 2.05) is 31.2 Å². The van der Waals surface area contributed by atoms with Crippen LogP contribution in [0.5, 0.6) is 11.5 Å². The molecule has 0 saturated carbocycles. The van der Waals surface area contributed by atoms with E-state index in [4.69, 9.17) is 9.47 Å². The summed E-state index contributed by atoms with van der Waals surface area (Å²) >= 11 is 1.27. The molecule has 3 rings (SSSR count). The molecular formula is C21H20N2O5S. The molecule has 1 aliphatic heterocycles. The van der Waals surface area contributed by atoms with Crippen molar-refractivity contribution >= 4 is 40.6 Å². The number of carbonyl (C=O) groups is 2. The van der Waals surface area contributed by atoms with Crippen LogP contribution in [0.4, 0.5) is 5.69 Å². The van der Waals surface area contributed by atoms with Crippen LogP contribution in [-0.2, 0) is 14.3 Å². The summed E-state index contributed by atoms with van der Waals surface area (Å²) in [4.78, 5) is 28.3. The minimum absolute atomic E-state index is 0.152. The lowest BCUT2D eigenvalue weighted by Gasteiger charge is -2.04. The summed E-state index contributed by atoms with van der Waals surface area (Å²) in [6.45, 7) is 2.38. The fourth-order valence-corrected chi connectivity index (χ4v) is 3.24. The van der Waals surface area contributed by atoms with Gasteiger partial charge in [0.1, 0.15) is 11.5 Å². The lowest BCUT2D eigenvalue weighted by molar-refractivity contribution is -0.142. The maximum atomic E-state index is 12.2. The van der Waals surface area contributed by atoms with Gasteiger partial charge in [-0.3, -0.25) is 4.79 Å². The molecule has 0 aromatic heterocycles. The van der Waals surface area contributed by atoms with Crippen molar-refractivity contribution in [3.63, 3.8) is 0 Å². The molecule has 1 amide bonds. The number of benzene rings is 2. The molecule has 1 heterocycles. The number of amides is 1. The summed E-state index contributed by atoms with van der Waals surface area (Å²) in [5.41, 5.74) is 1.56. The number of ether oxygens (including phenoxy) is 3. The van der Waals surface area contributed by atoms with E-state index in [9.17, 15) is 9.59 Å². The maximum Gasteiger partial charge on any atom is 0.343 e. The Morgan fingerprint density at radius 2 is 1.72 bits per heavy atom. The van der Waals surface area contributed by atoms with Gasteiger partial charge in [-0.2, -0.15) is 0 Å². The number of nitrogens with one attached hydrogen (secondary N) is 1. The van der Waals surface area contributed by atoms with Crippen molar-refractivity contribution in [3.05, 3.63) is 59.0 Å². The second kappa shape index (κ2) is 9.79. The molecule has 1 aliphatic rings. The highest BCUT2D eigenvalue weighted by Crippen LogP contribution is 2.29. The molecule has 1 N–H and O–H groups in total. The first-order chi connectivity index (χ1) is 14.1. The Kier molecular flexibility index (Phi) is 6.91. The number of nitrogens with zero attached hydrogens (tertiary/aromatic N) is 1. The van der Waals surface area contributed by atoms with Crippen LogP contribution < -0.4 is 14.8 Å². The Hall–Kier alpha value is -3.26. The molecular weight excluding hydrogens is 392 g/mol. The first kappa shape index (κ1) is 20.5. The largest absolute Gasteiger partial charge is 0.494 e. The van der Waals surface area contributed by atoms with Crippen LogP contribution in [0.25, 0.3) is 6.08 Å². The number of methoxy groups -OCH3 is 1. The highest BCUT2D eigenvalue weighted by Gasteiger charge is 2.23. The predicted molar refractivity (Wildman–Crippen MR) is 112 cm³/mol. The molecule has 7 nitrogen and oxygen atoms in total. The van der Waals surface area contributed by atoms with E-state index >= 15 is 0 Å². The van der Waals surface area contributed by atoms with Crippen molar-refractivity contribution < 1.29 is 23.8 Å². The lowest BCUT2D eigenvalue weighted by atomic mass is 10.2. The van der Waals surface area contributed by atoms with Crippen molar-refractivity contribution in [2.75, 3.05) is 20.3 Å². The van der Waals surface area contributed by atoms with Crippen molar-refractivity contribution in [1.29, 1.82) is 0 Å². The Bertz CT molecular complexity index is 937. The second-order valence-electron chi connectivity index (χ2n) is 5.84. The van der Waals surface area contributed by atoms with Gasteiger partial charge in [0.2, 0.25) is 0 Å². The molecule has 0 spiro atoms. The third kappa shape index (κ3) is 5.86. The number of rotatable bonds is 7. The van der Waals surface area contributed by atoms with E-state index in [2.05, 4.69) is 15.0 Å². The van der Waals surface area contributed by atoms with E-state index < -0.39 is 5.97 Å². The molecule has 0 bridgehead atoms. The average molecular weight is 412 g/mol. The molecule has 2 aromatic rings. The smallest absolute Gasteiger partial charge is 0.343 e. The molecule has 1 fully saturated rings. The van der Waals surface area contributed by atoms with Crippen LogP contribution in [0.3, 0.4) is 0 Å². The van der Waals surface area contributed by atoms with Crippen molar-refractivity contribution in [1.82, 2.24) is 5.32 Å². The summed E-state index contributed by atoms with van der Waals surface area (Å²) < 4.78 is 15.2. The third-order valence-electron chi connectivity index (χ3n) is 3.79. The molecule has 8 heteroatoms. The van der Waals surface area contributed by atoms with Gasteiger partial charge in [0, 0.05) is 0 Å². The van der Waals surface area contributed by atoms with Gasteiger partial charge in [-0.25, -0.2) is 9.79 Å². The summed E-state index contributed by atoms with van der Waals surface area (Å²) in [5.74, 6) is 0.665. The van der Waals surface area contributed by atoms with Gasteiger partial charge in [-0.1, -0.05) is 12.1 Å². The molecule has 0 aliphatic carbocycles. The Morgan fingerprint density at radius 1 is 1.07 bits per heavy atom. The Morgan fingerprint density at radius 3 is 2.38 bits per heavy atom. The van der Waals surface area contributed by atoms with E-state index in [1.165, 1.54) is 18.9 Å². The SMILES string of the molecule is CCOc1ccc(N=C2NC(=O)/C(=C\c3ccc(OCC(=O)OC)cc3)S2)cc1. The maximum absolute atomic E-state index is 12.2. The highest BCUT2D eigenvalue weighted by atomic mass is 32.2. The van der Waals surface area contributed by atoms with Crippen LogP contribution in [0, 0.1) is 0 Å². The van der Waals surface area contributed by atoms with Crippen LogP contribution in [0.1, 0.15) is 12.5 Å². The Balaban J connectivity index is 1.64. The fraction of sp³-hybridized carbons (Fsp3) is 0.190. The predicted octanol–water partition coefficient (Wildman–Crippen LogP) is 3.53. The van der Waals surface area contributed by atoms with Crippen LogP contribution in [-0.4, -0.2) is 37.4 Å². The molecule has 150 valence electrons. The number of thioether (sulfide) groups is 1. The number of carbonyl (C=O) groups excluding carboxylic acids is 2. The van der Waals surface area contributed by atoms with Gasteiger partial charge < -0.3 is 19.5 Å². The zero-order chi connectivity index (χ0) is 20.6. The number of amidine groups is 1. The standard InChI is InChI=1S/C21H20N2O5S/c1-3-27-16-10-6-15(7-11-16)22-21-23-20(25)18(29-21)12-14-4-8-17(9-5-14)28-13-19(24)26-2/h4-12H,3,13H2,1-2H3,(H,22,23,25)/b18-12+. The minimum Gasteiger partial charge on any atom is -0.494 e. The molecule has 0 radical (unpaired) electrons. The normalized spacial score (nSPS) is 16.0. The van der Waals surface area contributed by atoms with Crippen LogP contribution in [0.15, 0.2) is 58.4 Å². The number of hydrogen-bond acceptors (Lipinski definition) is 7. The lowest BCUT2D eigenvalue weighted by Crippen LogP contribution is -2.19. The van der Waals surface area contributed by atoms with Crippen molar-refractivity contribution in [2.24, 2.45) is 4.99 Å². The molecule has 2 aromatic carbocycles. The van der Waals surface area contributed by atoms with E-state index in [0.717, 1.165) is 17.0 Å². The number of esters is 1. The van der Waals surface area contributed by atoms with Gasteiger partial charge in [0.25, 0.3) is 5.91 Å². The topological polar surface area (TPSA) is 86.2 Å². The van der Waals surface area contributed by atoms with E-state index in [0.29, 0.717) is 22.4 Å². The van der Waals surface area contributed by atoms with E-state index in [1.54, 1.807) is 30.3 Å². The van der Waals surface area contributed by atoms with Gasteiger partial charge in [-0.15, -0.1) is 0 Å². The third-order valence-corrected chi connectivity index (χ3v) is 4.70. The Labute approximate surface area is 172 Å². The molecule has 0 unspecified atom stereocenters. The van der Waals surface area contributed by atoms with E-state index in [-0.39, 0.29) is 12.5 Å². The monoisotopic (exact) mass is 412 g/mol. The number of hydrogen-bond donors (Lipinski definition) is 1. The zero-order valence-electron chi connectivity index (χ0n) is 16.0. The van der Waals surface area contributed by atoms with Crippen LogP contribution >= 0.6 is 11.8 Å². The quantitative estimate of drug-likeness (QED) is 0.553. The fourth-order valence-electron chi connectivity index (χ4n) is 2.39. The summed E-state index contributed by atoms with van der Waals surface area (Å²) in [6.07, 6.45) is 1.77. The molecule has 29 heavy (non-hydrogen) atoms. The summed E-state index contributed by atoms with van der Waals surface area (Å²) in [5, 5.41) is 3.28. The molecule has 0 atom stereocenters. The van der Waals surface area contributed by atoms with Crippen molar-refractivity contribution in [3.8, 4) is 11.5 Å². The van der Waals surface area contributed by atoms with Crippen LogP contribution in [0.2, 0.25) is 0 Å². The first-order valence-corrected chi connectivity index (χ1v) is 9.71. The number of aliphatic imine (C=N–C) groups is 1.